The Bertz CT molecular complexity index is 1140. The number of hydrogen-bond acceptors (Lipinski definition) is 8. The predicted octanol–water partition coefficient (Wildman–Crippen LogP) is 1.59. The molecule has 0 aliphatic carbocycles. The van der Waals surface area contributed by atoms with Crippen LogP contribution in [0, 0.1) is 19.8 Å². The summed E-state index contributed by atoms with van der Waals surface area (Å²) in [5.41, 5.74) is 2.67. The van der Waals surface area contributed by atoms with Gasteiger partial charge in [-0.15, -0.1) is 0 Å². The van der Waals surface area contributed by atoms with Crippen molar-refractivity contribution < 1.29 is 9.53 Å². The van der Waals surface area contributed by atoms with E-state index >= 15 is 0 Å². The van der Waals surface area contributed by atoms with Crippen molar-refractivity contribution >= 4 is 23.3 Å². The van der Waals surface area contributed by atoms with Crippen LogP contribution < -0.4 is 20.3 Å². The van der Waals surface area contributed by atoms with E-state index < -0.39 is 0 Å². The maximum Gasteiger partial charge on any atom is 0.263 e. The van der Waals surface area contributed by atoms with Crippen LogP contribution in [0.1, 0.15) is 35.1 Å². The van der Waals surface area contributed by atoms with Gasteiger partial charge in [0.05, 0.1) is 24.2 Å². The van der Waals surface area contributed by atoms with Crippen molar-refractivity contribution in [2.24, 2.45) is 5.92 Å². The Hall–Kier alpha value is -3.27. The highest BCUT2D eigenvalue weighted by Gasteiger charge is 2.41. The normalized spacial score (nSPS) is 20.3. The van der Waals surface area contributed by atoms with Crippen LogP contribution in [0.4, 0.5) is 11.8 Å². The lowest BCUT2D eigenvalue weighted by molar-refractivity contribution is 0.102. The van der Waals surface area contributed by atoms with Gasteiger partial charge in [-0.25, -0.2) is 15.0 Å². The molecule has 31 heavy (non-hydrogen) atoms. The van der Waals surface area contributed by atoms with E-state index in [9.17, 15) is 4.79 Å². The van der Waals surface area contributed by atoms with Gasteiger partial charge >= 0.3 is 0 Å². The van der Waals surface area contributed by atoms with E-state index in [4.69, 9.17) is 4.74 Å². The minimum Gasteiger partial charge on any atom is -0.477 e. The van der Waals surface area contributed by atoms with E-state index in [2.05, 4.69) is 35.5 Å². The van der Waals surface area contributed by atoms with Crippen LogP contribution in [0.2, 0.25) is 0 Å². The second-order valence-electron chi connectivity index (χ2n) is 8.07. The van der Waals surface area contributed by atoms with Gasteiger partial charge in [-0.3, -0.25) is 4.79 Å². The van der Waals surface area contributed by atoms with Crippen molar-refractivity contribution in [1.82, 2.24) is 29.7 Å². The molecule has 5 rings (SSSR count). The molecule has 2 unspecified atom stereocenters. The van der Waals surface area contributed by atoms with Crippen LogP contribution in [-0.4, -0.2) is 62.5 Å². The Morgan fingerprint density at radius 1 is 1.29 bits per heavy atom. The van der Waals surface area contributed by atoms with Gasteiger partial charge in [0.25, 0.3) is 5.91 Å². The molecule has 0 radical (unpaired) electrons. The summed E-state index contributed by atoms with van der Waals surface area (Å²) < 4.78 is 7.56. The number of imidazole rings is 1. The van der Waals surface area contributed by atoms with Gasteiger partial charge in [-0.1, -0.05) is 0 Å². The SMILES string of the molecule is CCOc1nc(N2CC3CNCCC32)ncc1C(=O)Nc1cn2cc(C)nc2c(C)n1. The summed E-state index contributed by atoms with van der Waals surface area (Å²) in [6.45, 7) is 9.02. The first-order valence-corrected chi connectivity index (χ1v) is 10.6. The van der Waals surface area contributed by atoms with Crippen molar-refractivity contribution in [2.45, 2.75) is 33.2 Å². The van der Waals surface area contributed by atoms with Crippen molar-refractivity contribution in [2.75, 3.05) is 36.5 Å². The van der Waals surface area contributed by atoms with E-state index in [1.54, 1.807) is 12.4 Å². The molecule has 2 fully saturated rings. The van der Waals surface area contributed by atoms with Gasteiger partial charge in [-0.2, -0.15) is 4.98 Å². The minimum atomic E-state index is -0.360. The lowest BCUT2D eigenvalue weighted by atomic mass is 9.84. The zero-order chi connectivity index (χ0) is 21.5. The zero-order valence-electron chi connectivity index (χ0n) is 17.9. The zero-order valence-corrected chi connectivity index (χ0v) is 17.9. The molecule has 3 aromatic heterocycles. The molecule has 162 valence electrons. The molecule has 2 aliphatic rings. The van der Waals surface area contributed by atoms with Crippen LogP contribution in [0.25, 0.3) is 5.65 Å². The van der Waals surface area contributed by atoms with E-state index in [1.807, 2.05) is 31.4 Å². The van der Waals surface area contributed by atoms with Gasteiger partial charge < -0.3 is 24.7 Å². The van der Waals surface area contributed by atoms with E-state index in [0.717, 1.165) is 43.1 Å². The Labute approximate surface area is 180 Å². The Balaban J connectivity index is 1.39. The quantitative estimate of drug-likeness (QED) is 0.638. The fourth-order valence-electron chi connectivity index (χ4n) is 4.40. The van der Waals surface area contributed by atoms with Gasteiger partial charge in [0, 0.05) is 37.4 Å². The predicted molar refractivity (Wildman–Crippen MR) is 116 cm³/mol. The summed E-state index contributed by atoms with van der Waals surface area (Å²) in [6.07, 6.45) is 6.25. The molecule has 5 heterocycles. The highest BCUT2D eigenvalue weighted by Crippen LogP contribution is 2.33. The number of fused-ring (bicyclic) bond motifs is 2. The molecule has 0 spiro atoms. The molecule has 0 saturated carbocycles. The number of hydrogen-bond donors (Lipinski definition) is 2. The van der Waals surface area contributed by atoms with E-state index in [-0.39, 0.29) is 11.5 Å². The summed E-state index contributed by atoms with van der Waals surface area (Å²) in [4.78, 5) is 33.2. The fraction of sp³-hybridized carbons (Fsp3) is 0.476. The second kappa shape index (κ2) is 7.77. The molecule has 0 aromatic carbocycles. The molecule has 2 N–H and O–H groups in total. The summed E-state index contributed by atoms with van der Waals surface area (Å²) in [6, 6.07) is 0.452. The third kappa shape index (κ3) is 3.56. The first-order chi connectivity index (χ1) is 15.0. The van der Waals surface area contributed by atoms with Gasteiger partial charge in [0.15, 0.2) is 5.65 Å². The van der Waals surface area contributed by atoms with Gasteiger partial charge in [0.1, 0.15) is 11.4 Å². The highest BCUT2D eigenvalue weighted by atomic mass is 16.5. The maximum absolute atomic E-state index is 13.0. The van der Waals surface area contributed by atoms with Crippen LogP contribution in [0.15, 0.2) is 18.6 Å². The van der Waals surface area contributed by atoms with Crippen molar-refractivity contribution in [3.8, 4) is 5.88 Å². The van der Waals surface area contributed by atoms with E-state index in [1.165, 1.54) is 0 Å². The molecular weight excluding hydrogens is 396 g/mol. The molecular formula is C21H26N8O2. The largest absolute Gasteiger partial charge is 0.477 e. The molecule has 2 aliphatic heterocycles. The third-order valence-corrected chi connectivity index (χ3v) is 5.89. The van der Waals surface area contributed by atoms with Crippen LogP contribution >= 0.6 is 0 Å². The number of carbonyl (C=O) groups is 1. The summed E-state index contributed by atoms with van der Waals surface area (Å²) in [5.74, 6) is 1.61. The van der Waals surface area contributed by atoms with Crippen molar-refractivity contribution in [3.05, 3.63) is 35.5 Å². The van der Waals surface area contributed by atoms with Crippen LogP contribution in [0.3, 0.4) is 0 Å². The molecule has 10 heteroatoms. The number of carbonyl (C=O) groups excluding carboxylic acids is 1. The number of rotatable bonds is 5. The molecule has 2 atom stereocenters. The average Bonchev–Trinajstić information content (AvgIpc) is 3.10. The fourth-order valence-corrected chi connectivity index (χ4v) is 4.40. The molecule has 0 bridgehead atoms. The number of nitrogens with one attached hydrogen (secondary N) is 2. The number of amides is 1. The second-order valence-corrected chi connectivity index (χ2v) is 8.07. The van der Waals surface area contributed by atoms with Crippen LogP contribution in [-0.2, 0) is 0 Å². The van der Waals surface area contributed by atoms with Gasteiger partial charge in [-0.05, 0) is 33.7 Å². The van der Waals surface area contributed by atoms with E-state index in [0.29, 0.717) is 36.2 Å². The topological polar surface area (TPSA) is 110 Å². The lowest BCUT2D eigenvalue weighted by Crippen LogP contribution is -2.63. The minimum absolute atomic E-state index is 0.286. The van der Waals surface area contributed by atoms with Crippen molar-refractivity contribution in [3.63, 3.8) is 0 Å². The molecule has 10 nitrogen and oxygen atoms in total. The Kier molecular flexibility index (Phi) is 4.93. The Morgan fingerprint density at radius 2 is 2.16 bits per heavy atom. The lowest BCUT2D eigenvalue weighted by Gasteiger charge is -2.50. The summed E-state index contributed by atoms with van der Waals surface area (Å²) >= 11 is 0. The molecule has 3 aromatic rings. The van der Waals surface area contributed by atoms with Gasteiger partial charge in [0.2, 0.25) is 11.8 Å². The number of aryl methyl sites for hydroxylation is 2. The summed E-state index contributed by atoms with van der Waals surface area (Å²) in [5, 5.41) is 6.27. The molecule has 2 saturated heterocycles. The highest BCUT2D eigenvalue weighted by molar-refractivity contribution is 6.05. The first-order valence-electron chi connectivity index (χ1n) is 10.6. The summed E-state index contributed by atoms with van der Waals surface area (Å²) in [7, 11) is 0. The first kappa shape index (κ1) is 19.7. The van der Waals surface area contributed by atoms with Crippen LogP contribution in [0.5, 0.6) is 5.88 Å². The third-order valence-electron chi connectivity index (χ3n) is 5.89. The number of aromatic nitrogens is 5. The number of nitrogens with zero attached hydrogens (tertiary/aromatic N) is 6. The number of anilines is 2. The van der Waals surface area contributed by atoms with Crippen molar-refractivity contribution in [1.29, 1.82) is 0 Å². The standard InChI is InChI=1S/C21H26N8O2/c1-4-31-20-15(8-23-21(27-20)29-10-14-7-22-6-5-16(14)29)19(30)26-17-11-28-9-12(2)24-18(28)13(3)25-17/h8-9,11,14,16,22H,4-7,10H2,1-3H3,(H,26,30). The Morgan fingerprint density at radius 3 is 2.97 bits per heavy atom. The number of piperidine rings is 1. The molecule has 1 amide bonds. The number of ether oxygens (including phenoxy) is 1. The average molecular weight is 422 g/mol. The maximum atomic E-state index is 13.0. The smallest absolute Gasteiger partial charge is 0.263 e. The monoisotopic (exact) mass is 422 g/mol.